The predicted octanol–water partition coefficient (Wildman–Crippen LogP) is 1.36. The first kappa shape index (κ1) is 10.2. The molecule has 0 rings (SSSR count). The van der Waals surface area contributed by atoms with Crippen molar-refractivity contribution >= 4 is 10.2 Å². The lowest BCUT2D eigenvalue weighted by Gasteiger charge is -2.27. The molecule has 0 saturated carbocycles. The van der Waals surface area contributed by atoms with E-state index < -0.39 is 0 Å². The first-order valence-electron chi connectivity index (χ1n) is 4.19. The van der Waals surface area contributed by atoms with Crippen molar-refractivity contribution in [3.63, 3.8) is 0 Å². The molecule has 0 heterocycles. The van der Waals surface area contributed by atoms with Gasteiger partial charge in [-0.05, 0) is 33.2 Å². The molecule has 0 bridgehead atoms. The van der Waals surface area contributed by atoms with Crippen molar-refractivity contribution in [1.82, 2.24) is 0 Å². The smallest absolute Gasteiger partial charge is 0.0627 e. The van der Waals surface area contributed by atoms with Crippen molar-refractivity contribution in [3.8, 4) is 0 Å². The summed E-state index contributed by atoms with van der Waals surface area (Å²) in [6, 6.07) is 1.24. The number of hydrogen-bond acceptors (Lipinski definition) is 1. The van der Waals surface area contributed by atoms with E-state index in [1.54, 1.807) is 0 Å². The molecule has 0 amide bonds. The molecule has 0 aromatic carbocycles. The van der Waals surface area contributed by atoms with E-state index in [0.717, 1.165) is 6.42 Å². The SMILES string of the molecule is CCC(C)(C)OC(C)C[SiH3]. The third-order valence-electron chi connectivity index (χ3n) is 1.95. The summed E-state index contributed by atoms with van der Waals surface area (Å²) < 4.78 is 5.77. The third-order valence-corrected chi connectivity index (χ3v) is 3.10. The quantitative estimate of drug-likeness (QED) is 0.564. The van der Waals surface area contributed by atoms with Crippen LogP contribution in [-0.4, -0.2) is 21.9 Å². The Morgan fingerprint density at radius 1 is 1.50 bits per heavy atom. The summed E-state index contributed by atoms with van der Waals surface area (Å²) >= 11 is 0. The van der Waals surface area contributed by atoms with E-state index in [1.807, 2.05) is 0 Å². The summed E-state index contributed by atoms with van der Waals surface area (Å²) in [5.41, 5.74) is 0.0871. The molecular weight excluding hydrogens is 140 g/mol. The first-order valence-corrected chi connectivity index (χ1v) is 5.61. The third kappa shape index (κ3) is 4.07. The lowest BCUT2D eigenvalue weighted by molar-refractivity contribution is -0.0570. The molecule has 0 aromatic rings. The van der Waals surface area contributed by atoms with Crippen LogP contribution in [-0.2, 0) is 4.74 Å². The zero-order chi connectivity index (χ0) is 8.20. The fourth-order valence-electron chi connectivity index (χ4n) is 0.711. The number of hydrogen-bond donors (Lipinski definition) is 0. The second kappa shape index (κ2) is 4.14. The minimum absolute atomic E-state index is 0.0871. The van der Waals surface area contributed by atoms with Crippen molar-refractivity contribution in [2.45, 2.75) is 51.9 Å². The Kier molecular flexibility index (Phi) is 4.21. The summed E-state index contributed by atoms with van der Waals surface area (Å²) in [4.78, 5) is 0. The summed E-state index contributed by atoms with van der Waals surface area (Å²) in [5, 5.41) is 0. The van der Waals surface area contributed by atoms with Gasteiger partial charge in [0.05, 0.1) is 11.7 Å². The highest BCUT2D eigenvalue weighted by molar-refractivity contribution is 6.08. The molecule has 2 heteroatoms. The van der Waals surface area contributed by atoms with Crippen LogP contribution in [0.1, 0.15) is 34.1 Å². The number of rotatable bonds is 4. The van der Waals surface area contributed by atoms with Gasteiger partial charge in [0.15, 0.2) is 0 Å². The Labute approximate surface area is 67.6 Å². The van der Waals surface area contributed by atoms with E-state index in [9.17, 15) is 0 Å². The molecule has 0 saturated heterocycles. The van der Waals surface area contributed by atoms with Crippen LogP contribution < -0.4 is 0 Å². The van der Waals surface area contributed by atoms with Gasteiger partial charge >= 0.3 is 0 Å². The van der Waals surface area contributed by atoms with Gasteiger partial charge in [-0.25, -0.2) is 0 Å². The van der Waals surface area contributed by atoms with E-state index in [-0.39, 0.29) is 5.60 Å². The molecule has 0 fully saturated rings. The minimum Gasteiger partial charge on any atom is -0.373 e. The van der Waals surface area contributed by atoms with Gasteiger partial charge in [-0.15, -0.1) is 0 Å². The molecule has 0 aliphatic carbocycles. The minimum atomic E-state index is 0.0871. The molecule has 0 aromatic heterocycles. The molecule has 62 valence electrons. The Balaban J connectivity index is 3.64. The molecule has 0 radical (unpaired) electrons. The Morgan fingerprint density at radius 3 is 2.30 bits per heavy atom. The lowest BCUT2D eigenvalue weighted by Crippen LogP contribution is -2.28. The predicted molar refractivity (Wildman–Crippen MR) is 49.7 cm³/mol. The maximum Gasteiger partial charge on any atom is 0.0627 e. The summed E-state index contributed by atoms with van der Waals surface area (Å²) in [5.74, 6) is 0. The largest absolute Gasteiger partial charge is 0.373 e. The van der Waals surface area contributed by atoms with Crippen LogP contribution in [0.2, 0.25) is 6.04 Å². The van der Waals surface area contributed by atoms with Gasteiger partial charge < -0.3 is 4.74 Å². The second-order valence-corrected chi connectivity index (χ2v) is 4.27. The fraction of sp³-hybridized carbons (Fsp3) is 1.00. The van der Waals surface area contributed by atoms with Crippen LogP contribution in [0.15, 0.2) is 0 Å². The topological polar surface area (TPSA) is 9.23 Å². The molecule has 0 spiro atoms. The normalized spacial score (nSPS) is 15.6. The van der Waals surface area contributed by atoms with E-state index in [1.165, 1.54) is 16.3 Å². The molecule has 0 aliphatic heterocycles. The van der Waals surface area contributed by atoms with Gasteiger partial charge in [0.2, 0.25) is 0 Å². The highest BCUT2D eigenvalue weighted by Gasteiger charge is 2.17. The van der Waals surface area contributed by atoms with Crippen molar-refractivity contribution in [2.24, 2.45) is 0 Å². The zero-order valence-electron chi connectivity index (χ0n) is 7.90. The van der Waals surface area contributed by atoms with E-state index in [2.05, 4.69) is 27.7 Å². The standard InChI is InChI=1S/C8H20OSi/c1-5-8(3,4)9-7(2)6-10/h7H,5-6H2,1-4,10H3. The van der Waals surface area contributed by atoms with Crippen LogP contribution >= 0.6 is 0 Å². The van der Waals surface area contributed by atoms with Crippen molar-refractivity contribution in [1.29, 1.82) is 0 Å². The highest BCUT2D eigenvalue weighted by Crippen LogP contribution is 2.16. The van der Waals surface area contributed by atoms with Gasteiger partial charge in [-0.3, -0.25) is 0 Å². The number of ether oxygens (including phenoxy) is 1. The van der Waals surface area contributed by atoms with Crippen molar-refractivity contribution in [2.75, 3.05) is 0 Å². The summed E-state index contributed by atoms with van der Waals surface area (Å²) in [6.07, 6.45) is 1.56. The molecule has 1 atom stereocenters. The van der Waals surface area contributed by atoms with Gasteiger partial charge in [-0.2, -0.15) is 0 Å². The molecule has 0 N–H and O–H groups in total. The average molecular weight is 160 g/mol. The Bertz CT molecular complexity index is 91.3. The maximum atomic E-state index is 5.77. The fourth-order valence-corrected chi connectivity index (χ4v) is 0.878. The Hall–Kier alpha value is 0.177. The lowest BCUT2D eigenvalue weighted by atomic mass is 10.1. The Morgan fingerprint density at radius 2 is 2.00 bits per heavy atom. The molecule has 0 aliphatic rings. The first-order chi connectivity index (χ1) is 4.52. The van der Waals surface area contributed by atoms with Crippen LogP contribution in [0.25, 0.3) is 0 Å². The van der Waals surface area contributed by atoms with E-state index >= 15 is 0 Å². The van der Waals surface area contributed by atoms with Gasteiger partial charge in [0.25, 0.3) is 0 Å². The zero-order valence-corrected chi connectivity index (χ0v) is 9.90. The van der Waals surface area contributed by atoms with Crippen molar-refractivity contribution < 1.29 is 4.74 Å². The molecule has 1 unspecified atom stereocenters. The van der Waals surface area contributed by atoms with Gasteiger partial charge in [0.1, 0.15) is 0 Å². The van der Waals surface area contributed by atoms with Crippen LogP contribution in [0.5, 0.6) is 0 Å². The van der Waals surface area contributed by atoms with Crippen LogP contribution in [0.3, 0.4) is 0 Å². The summed E-state index contributed by atoms with van der Waals surface area (Å²) in [7, 11) is 1.24. The monoisotopic (exact) mass is 160 g/mol. The maximum absolute atomic E-state index is 5.77. The van der Waals surface area contributed by atoms with Gasteiger partial charge in [-0.1, -0.05) is 6.92 Å². The molecular formula is C8H20OSi. The second-order valence-electron chi connectivity index (χ2n) is 3.45. The van der Waals surface area contributed by atoms with Gasteiger partial charge in [0, 0.05) is 10.2 Å². The van der Waals surface area contributed by atoms with Crippen LogP contribution in [0, 0.1) is 0 Å². The van der Waals surface area contributed by atoms with E-state index in [0.29, 0.717) is 6.10 Å². The van der Waals surface area contributed by atoms with E-state index in [4.69, 9.17) is 4.74 Å². The van der Waals surface area contributed by atoms with Crippen molar-refractivity contribution in [3.05, 3.63) is 0 Å². The van der Waals surface area contributed by atoms with Crippen LogP contribution in [0.4, 0.5) is 0 Å². The summed E-state index contributed by atoms with van der Waals surface area (Å²) in [6.45, 7) is 8.63. The molecule has 1 nitrogen and oxygen atoms in total. The molecule has 10 heavy (non-hydrogen) atoms. The highest BCUT2D eigenvalue weighted by atomic mass is 28.1. The average Bonchev–Trinajstić information content (AvgIpc) is 1.87.